The van der Waals surface area contributed by atoms with E-state index in [0.29, 0.717) is 88.9 Å². The van der Waals surface area contributed by atoms with Crippen molar-refractivity contribution in [2.75, 3.05) is 71.3 Å². The van der Waals surface area contributed by atoms with E-state index in [1.54, 1.807) is 11.3 Å². The van der Waals surface area contributed by atoms with Gasteiger partial charge in [0.05, 0.1) is 63.5 Å². The van der Waals surface area contributed by atoms with Crippen LogP contribution in [0.4, 0.5) is 15.5 Å². The van der Waals surface area contributed by atoms with Gasteiger partial charge in [-0.05, 0) is 81.0 Å². The first-order valence-electron chi connectivity index (χ1n) is 18.4. The summed E-state index contributed by atoms with van der Waals surface area (Å²) >= 11 is 7.81. The van der Waals surface area contributed by atoms with Gasteiger partial charge >= 0.3 is 6.03 Å². The summed E-state index contributed by atoms with van der Waals surface area (Å²) in [6, 6.07) is 14.4. The van der Waals surface area contributed by atoms with Crippen LogP contribution < -0.4 is 25.6 Å². The summed E-state index contributed by atoms with van der Waals surface area (Å²) in [6.45, 7) is 16.6. The highest BCUT2D eigenvalue weighted by Crippen LogP contribution is 2.44. The smallest absolute Gasteiger partial charge is 0.428 e. The fourth-order valence-electron chi connectivity index (χ4n) is 5.63. The number of nitrogens with zero attached hydrogens (tertiary/aromatic N) is 2. The fraction of sp³-hybridized carbons (Fsp3) is 0.500. The maximum atomic E-state index is 14.0. The summed E-state index contributed by atoms with van der Waals surface area (Å²) in [5, 5.41) is 14.5. The molecule has 1 aromatic heterocycles. The molecule has 2 heterocycles. The topological polar surface area (TPSA) is 171 Å². The van der Waals surface area contributed by atoms with Crippen LogP contribution in [0.1, 0.15) is 62.1 Å². The van der Waals surface area contributed by atoms with E-state index in [-0.39, 0.29) is 28.3 Å². The average Bonchev–Trinajstić information content (AvgIpc) is 3.46. The van der Waals surface area contributed by atoms with Crippen LogP contribution in [0.15, 0.2) is 53.5 Å². The molecule has 2 unspecified atom stereocenters. The zero-order valence-electron chi connectivity index (χ0n) is 32.8. The predicted octanol–water partition coefficient (Wildman–Crippen LogP) is 6.79. The van der Waals surface area contributed by atoms with E-state index in [0.717, 1.165) is 33.8 Å². The van der Waals surface area contributed by atoms with E-state index in [1.807, 2.05) is 55.5 Å². The molecule has 0 aliphatic carbocycles. The van der Waals surface area contributed by atoms with Gasteiger partial charge in [-0.1, -0.05) is 55.8 Å². The Hall–Kier alpha value is -3.89. The van der Waals surface area contributed by atoms with Gasteiger partial charge in [-0.3, -0.25) is 14.9 Å². The molecule has 5 N–H and O–H groups in total. The monoisotopic (exact) mass is 802 g/mol. The quantitative estimate of drug-likeness (QED) is 0.0579. The van der Waals surface area contributed by atoms with Crippen LogP contribution in [-0.4, -0.2) is 101 Å². The minimum atomic E-state index is -0.495. The van der Waals surface area contributed by atoms with Gasteiger partial charge in [0.2, 0.25) is 10.9 Å². The highest BCUT2D eigenvalue weighted by Gasteiger charge is 2.46. The first-order valence-corrected chi connectivity index (χ1v) is 19.6. The lowest BCUT2D eigenvalue weighted by Gasteiger charge is -2.35. The van der Waals surface area contributed by atoms with Crippen LogP contribution in [0.2, 0.25) is 5.02 Å². The van der Waals surface area contributed by atoms with Crippen molar-refractivity contribution in [3.05, 3.63) is 75.1 Å². The highest BCUT2D eigenvalue weighted by molar-refractivity contribution is 7.16. The molecule has 0 fully saturated rings. The largest absolute Gasteiger partial charge is 0.491 e. The highest BCUT2D eigenvalue weighted by atomic mass is 35.5. The number of rotatable bonds is 19. The number of urea groups is 1. The first-order chi connectivity index (χ1) is 26.3. The Morgan fingerprint density at radius 3 is 2.15 bits per heavy atom. The molecule has 0 spiro atoms. The first kappa shape index (κ1) is 45.5. The summed E-state index contributed by atoms with van der Waals surface area (Å²) < 4.78 is 22.6. The number of nitrogens with one attached hydrogen (secondary N) is 2. The number of ether oxygens (including phenoxy) is 4. The van der Waals surface area contributed by atoms with Gasteiger partial charge < -0.3 is 35.1 Å². The van der Waals surface area contributed by atoms with Crippen LogP contribution in [-0.2, 0) is 23.8 Å². The number of aliphatic imine (C=N–C) groups is 1. The second kappa shape index (κ2) is 22.6. The lowest BCUT2D eigenvalue weighted by Crippen LogP contribution is -2.58. The molecule has 0 saturated carbocycles. The minimum Gasteiger partial charge on any atom is -0.491 e. The van der Waals surface area contributed by atoms with Crippen molar-refractivity contribution >= 4 is 57.7 Å². The average molecular weight is 803 g/mol. The Bertz CT molecular complexity index is 1690. The number of carboxylic acid groups (broad SMARTS) is 1. The zero-order valence-corrected chi connectivity index (χ0v) is 34.4. The zero-order chi connectivity index (χ0) is 40.4. The third kappa shape index (κ3) is 14.0. The number of thiophene rings is 1. The number of nitrogens with two attached hydrogens (primary N) is 1. The number of hydrogen-bond acceptors (Lipinski definition) is 10. The summed E-state index contributed by atoms with van der Waals surface area (Å²) in [7, 11) is 0. The van der Waals surface area contributed by atoms with Crippen molar-refractivity contribution in [3.8, 4) is 5.75 Å². The predicted molar refractivity (Wildman–Crippen MR) is 220 cm³/mol. The number of carbonyl (C=O) groups excluding carboxylic acids is 2. The van der Waals surface area contributed by atoms with Crippen molar-refractivity contribution in [2.24, 2.45) is 16.1 Å². The van der Waals surface area contributed by atoms with Gasteiger partial charge in [-0.25, -0.2) is 9.79 Å². The number of carbonyl (C=O) groups is 3. The number of hydrogen-bond donors (Lipinski definition) is 4. The van der Waals surface area contributed by atoms with E-state index in [4.69, 9.17) is 51.2 Å². The summed E-state index contributed by atoms with van der Waals surface area (Å²) in [5.74, 6) is 0.536. The van der Waals surface area contributed by atoms with Gasteiger partial charge in [0.25, 0.3) is 6.47 Å². The number of quaternary nitrogens is 1. The molecule has 15 heteroatoms. The maximum absolute atomic E-state index is 14.0. The Morgan fingerprint density at radius 2 is 1.56 bits per heavy atom. The molecule has 13 nitrogen and oxygen atoms in total. The molecule has 55 heavy (non-hydrogen) atoms. The number of halogens is 1. The normalized spacial score (nSPS) is 15.5. The van der Waals surface area contributed by atoms with Gasteiger partial charge in [0, 0.05) is 27.7 Å². The van der Waals surface area contributed by atoms with Crippen LogP contribution in [0.5, 0.6) is 5.75 Å². The van der Waals surface area contributed by atoms with E-state index in [9.17, 15) is 9.59 Å². The van der Waals surface area contributed by atoms with Crippen LogP contribution >= 0.6 is 22.9 Å². The molecule has 0 bridgehead atoms. The SMILES string of the molecule is CC[N+]1(C(=O)Nc2ccc(OCCOCCOCCOCCNC(=O)C(N)CCC(C)(C)C)cc2)CN=C(c2ccc(Cl)cc2)c2c1sc(C)c2C.O=CO. The third-order valence-corrected chi connectivity index (χ3v) is 10.6. The second-order valence-electron chi connectivity index (χ2n) is 14.1. The lowest BCUT2D eigenvalue weighted by molar-refractivity contribution is -0.123. The number of amides is 3. The van der Waals surface area contributed by atoms with Gasteiger partial charge in [0.15, 0.2) is 6.67 Å². The van der Waals surface area contributed by atoms with E-state index in [2.05, 4.69) is 45.3 Å². The lowest BCUT2D eigenvalue weighted by atomic mass is 9.89. The number of fused-ring (bicyclic) bond motifs is 1. The van der Waals surface area contributed by atoms with Gasteiger partial charge in [-0.2, -0.15) is 4.48 Å². The standard InChI is InChI=1S/C39H54ClN5O6S.CH2O2/c1-7-45(26-43-35(29-8-10-30(40)11-9-29)34-27(2)28(3)52-37(34)45)38(47)44-31-12-14-32(15-13-31)51-25-24-50-23-22-49-21-20-48-19-18-42-36(46)33(41)16-17-39(4,5)6;2-1-3/h8-15,33H,7,16-26,41H2,1-6H3,(H-,42,44,46,47);1H,(H,2,3)/p+1. The van der Waals surface area contributed by atoms with Crippen LogP contribution in [0, 0.1) is 19.3 Å². The maximum Gasteiger partial charge on any atom is 0.428 e. The Balaban J connectivity index is 0.00000262. The Morgan fingerprint density at radius 1 is 0.982 bits per heavy atom. The fourth-order valence-corrected chi connectivity index (χ4v) is 7.10. The summed E-state index contributed by atoms with van der Waals surface area (Å²) in [6.07, 6.45) is 1.55. The molecule has 1 aliphatic rings. The molecule has 4 rings (SSSR count). The minimum absolute atomic E-state index is 0.0888. The van der Waals surface area contributed by atoms with Gasteiger partial charge in [-0.15, -0.1) is 0 Å². The van der Waals surface area contributed by atoms with Crippen molar-refractivity contribution in [2.45, 2.75) is 60.4 Å². The molecule has 3 amide bonds. The van der Waals surface area contributed by atoms with Gasteiger partial charge in [0.1, 0.15) is 12.4 Å². The van der Waals surface area contributed by atoms with E-state index in [1.165, 1.54) is 4.88 Å². The van der Waals surface area contributed by atoms with E-state index < -0.39 is 6.04 Å². The molecular weight excluding hydrogens is 746 g/mol. The molecule has 3 aromatic rings. The Labute approximate surface area is 333 Å². The van der Waals surface area contributed by atoms with Crippen molar-refractivity contribution in [1.82, 2.24) is 9.80 Å². The molecule has 2 atom stereocenters. The molecule has 1 aliphatic heterocycles. The van der Waals surface area contributed by atoms with Crippen LogP contribution in [0.3, 0.4) is 0 Å². The van der Waals surface area contributed by atoms with Crippen molar-refractivity contribution in [1.29, 1.82) is 0 Å². The summed E-state index contributed by atoms with van der Waals surface area (Å²) in [5.41, 5.74) is 10.9. The molecular formula is C40H57ClN5O8S+. The second-order valence-corrected chi connectivity index (χ2v) is 15.8. The number of anilines is 1. The van der Waals surface area contributed by atoms with Crippen LogP contribution in [0.25, 0.3) is 0 Å². The summed E-state index contributed by atoms with van der Waals surface area (Å²) in [4.78, 5) is 40.5. The molecule has 302 valence electrons. The molecule has 0 radical (unpaired) electrons. The van der Waals surface area contributed by atoms with E-state index >= 15 is 0 Å². The molecule has 2 aromatic carbocycles. The molecule has 0 saturated heterocycles. The third-order valence-electron chi connectivity index (χ3n) is 8.94. The Kier molecular flexibility index (Phi) is 18.7. The van der Waals surface area contributed by atoms with Crippen molar-refractivity contribution < 1.29 is 38.4 Å². The van der Waals surface area contributed by atoms with Crippen molar-refractivity contribution in [3.63, 3.8) is 0 Å². The number of aryl methyl sites for hydroxylation is 1. The number of benzene rings is 2.